The molecule has 0 aliphatic heterocycles. The van der Waals surface area contributed by atoms with Crippen LogP contribution in [0, 0.1) is 12.7 Å². The van der Waals surface area contributed by atoms with Gasteiger partial charge in [-0.3, -0.25) is 4.79 Å². The summed E-state index contributed by atoms with van der Waals surface area (Å²) in [6.45, 7) is 2.04. The number of nitrogens with zero attached hydrogens (tertiary/aromatic N) is 1. The molecule has 3 rings (SSSR count). The van der Waals surface area contributed by atoms with E-state index in [1.165, 1.54) is 54.8 Å². The third-order valence-corrected chi connectivity index (χ3v) is 7.21. The van der Waals surface area contributed by atoms with Crippen LogP contribution in [0.25, 0.3) is 0 Å². The maximum absolute atomic E-state index is 13.3. The number of hydrogen-bond acceptors (Lipinski definition) is 3. The van der Waals surface area contributed by atoms with Gasteiger partial charge in [0, 0.05) is 13.1 Å². The fraction of sp³-hybridized carbons (Fsp3) is 0.375. The topological polar surface area (TPSA) is 66.5 Å². The molecule has 1 amide bonds. The molecule has 0 heterocycles. The molecule has 2 aromatic carbocycles. The number of benzene rings is 2. The van der Waals surface area contributed by atoms with Crippen LogP contribution in [-0.2, 0) is 21.4 Å². The van der Waals surface area contributed by atoms with Crippen molar-refractivity contribution in [1.29, 1.82) is 0 Å². The molecule has 0 saturated carbocycles. The van der Waals surface area contributed by atoms with Crippen LogP contribution in [0.4, 0.5) is 4.39 Å². The van der Waals surface area contributed by atoms with Crippen molar-refractivity contribution in [1.82, 2.24) is 9.62 Å². The molecule has 166 valence electrons. The highest BCUT2D eigenvalue weighted by Crippen LogP contribution is 2.20. The third kappa shape index (κ3) is 6.74. The van der Waals surface area contributed by atoms with E-state index in [4.69, 9.17) is 0 Å². The summed E-state index contributed by atoms with van der Waals surface area (Å²) >= 11 is 0. The zero-order valence-corrected chi connectivity index (χ0v) is 18.6. The predicted octanol–water partition coefficient (Wildman–Crippen LogP) is 4.33. The van der Waals surface area contributed by atoms with Crippen LogP contribution in [0.15, 0.2) is 65.1 Å². The number of amides is 1. The van der Waals surface area contributed by atoms with Gasteiger partial charge in [-0.25, -0.2) is 12.8 Å². The van der Waals surface area contributed by atoms with Crippen LogP contribution >= 0.6 is 0 Å². The Kier molecular flexibility index (Phi) is 7.98. The first-order valence-corrected chi connectivity index (χ1v) is 12.0. The second-order valence-electron chi connectivity index (χ2n) is 7.92. The standard InChI is InChI=1S/C24H29FN2O3S/c1-19-7-13-23(14-8-19)31(29,30)27(17-21-9-11-22(25)12-10-21)18-24(28)26-16-15-20-5-3-2-4-6-20/h5,7-14H,2-4,6,15-18H2,1H3,(H,26,28). The van der Waals surface area contributed by atoms with Crippen LogP contribution in [0.1, 0.15) is 43.2 Å². The minimum Gasteiger partial charge on any atom is -0.355 e. The molecule has 1 aliphatic carbocycles. The average molecular weight is 445 g/mol. The summed E-state index contributed by atoms with van der Waals surface area (Å²) in [6.07, 6.45) is 7.57. The van der Waals surface area contributed by atoms with Crippen LogP contribution in [0.3, 0.4) is 0 Å². The fourth-order valence-corrected chi connectivity index (χ4v) is 4.97. The molecular weight excluding hydrogens is 415 g/mol. The third-order valence-electron chi connectivity index (χ3n) is 5.40. The molecule has 0 unspecified atom stereocenters. The van der Waals surface area contributed by atoms with Gasteiger partial charge in [0.15, 0.2) is 0 Å². The Morgan fingerprint density at radius 2 is 1.77 bits per heavy atom. The Hall–Kier alpha value is -2.51. The first kappa shape index (κ1) is 23.2. The number of hydrogen-bond donors (Lipinski definition) is 1. The second kappa shape index (κ2) is 10.7. The molecule has 0 radical (unpaired) electrons. The molecule has 0 aromatic heterocycles. The number of sulfonamides is 1. The van der Waals surface area contributed by atoms with E-state index in [9.17, 15) is 17.6 Å². The molecule has 31 heavy (non-hydrogen) atoms. The lowest BCUT2D eigenvalue weighted by molar-refractivity contribution is -0.121. The van der Waals surface area contributed by atoms with Gasteiger partial charge in [-0.15, -0.1) is 0 Å². The van der Waals surface area contributed by atoms with Crippen molar-refractivity contribution in [3.63, 3.8) is 0 Å². The van der Waals surface area contributed by atoms with Crippen LogP contribution in [-0.4, -0.2) is 31.7 Å². The summed E-state index contributed by atoms with van der Waals surface area (Å²) in [7, 11) is -3.90. The van der Waals surface area contributed by atoms with Gasteiger partial charge in [0.1, 0.15) is 5.82 Å². The number of rotatable bonds is 9. The minimum atomic E-state index is -3.90. The number of aryl methyl sites for hydroxylation is 1. The number of carbonyl (C=O) groups is 1. The zero-order valence-electron chi connectivity index (χ0n) is 17.8. The summed E-state index contributed by atoms with van der Waals surface area (Å²) in [5.41, 5.74) is 2.90. The monoisotopic (exact) mass is 444 g/mol. The lowest BCUT2D eigenvalue weighted by atomic mass is 9.97. The highest BCUT2D eigenvalue weighted by molar-refractivity contribution is 7.89. The fourth-order valence-electron chi connectivity index (χ4n) is 3.59. The molecule has 0 spiro atoms. The Balaban J connectivity index is 1.71. The number of nitrogens with one attached hydrogen (secondary N) is 1. The Morgan fingerprint density at radius 3 is 2.42 bits per heavy atom. The molecule has 2 aromatic rings. The first-order chi connectivity index (χ1) is 14.8. The molecule has 0 atom stereocenters. The molecule has 7 heteroatoms. The van der Waals surface area contributed by atoms with Crippen molar-refractivity contribution in [2.45, 2.75) is 50.5 Å². The summed E-state index contributed by atoms with van der Waals surface area (Å²) in [5.74, 6) is -0.749. The summed E-state index contributed by atoms with van der Waals surface area (Å²) in [4.78, 5) is 12.7. The maximum Gasteiger partial charge on any atom is 0.243 e. The highest BCUT2D eigenvalue weighted by Gasteiger charge is 2.27. The first-order valence-electron chi connectivity index (χ1n) is 10.6. The van der Waals surface area contributed by atoms with Gasteiger partial charge in [0.2, 0.25) is 15.9 Å². The van der Waals surface area contributed by atoms with Gasteiger partial charge in [-0.05, 0) is 68.9 Å². The van der Waals surface area contributed by atoms with Crippen LogP contribution in [0.5, 0.6) is 0 Å². The average Bonchev–Trinajstić information content (AvgIpc) is 2.76. The Morgan fingerprint density at radius 1 is 1.06 bits per heavy atom. The van der Waals surface area contributed by atoms with Gasteiger partial charge >= 0.3 is 0 Å². The zero-order chi connectivity index (χ0) is 22.3. The summed E-state index contributed by atoms with van der Waals surface area (Å²) in [6, 6.07) is 12.1. The van der Waals surface area contributed by atoms with Crippen molar-refractivity contribution >= 4 is 15.9 Å². The quantitative estimate of drug-likeness (QED) is 0.586. The van der Waals surface area contributed by atoms with E-state index in [1.54, 1.807) is 12.1 Å². The lowest BCUT2D eigenvalue weighted by Gasteiger charge is -2.22. The largest absolute Gasteiger partial charge is 0.355 e. The SMILES string of the molecule is Cc1ccc(S(=O)(=O)N(CC(=O)NCCC2=CCCCC2)Cc2ccc(F)cc2)cc1. The van der Waals surface area contributed by atoms with Gasteiger partial charge in [0.05, 0.1) is 11.4 Å². The highest BCUT2D eigenvalue weighted by atomic mass is 32.2. The van der Waals surface area contributed by atoms with Crippen molar-refractivity contribution < 1.29 is 17.6 Å². The molecule has 1 N–H and O–H groups in total. The minimum absolute atomic E-state index is 0.0188. The van der Waals surface area contributed by atoms with Gasteiger partial charge in [0.25, 0.3) is 0 Å². The molecular formula is C24H29FN2O3S. The Bertz CT molecular complexity index is 1020. The van der Waals surface area contributed by atoms with Crippen LogP contribution in [0.2, 0.25) is 0 Å². The van der Waals surface area contributed by atoms with E-state index in [2.05, 4.69) is 11.4 Å². The van der Waals surface area contributed by atoms with E-state index >= 15 is 0 Å². The van der Waals surface area contributed by atoms with Crippen molar-refractivity contribution in [2.24, 2.45) is 0 Å². The molecule has 0 saturated heterocycles. The molecule has 0 bridgehead atoms. The van der Waals surface area contributed by atoms with E-state index < -0.39 is 15.8 Å². The number of allylic oxidation sites excluding steroid dienone is 1. The van der Waals surface area contributed by atoms with Crippen molar-refractivity contribution in [2.75, 3.05) is 13.1 Å². The Labute approximate surface area is 184 Å². The van der Waals surface area contributed by atoms with E-state index in [-0.39, 0.29) is 23.9 Å². The van der Waals surface area contributed by atoms with Crippen molar-refractivity contribution in [3.05, 3.63) is 77.1 Å². The molecule has 0 fully saturated rings. The number of carbonyl (C=O) groups excluding carboxylic acids is 1. The van der Waals surface area contributed by atoms with E-state index in [1.807, 2.05) is 6.92 Å². The van der Waals surface area contributed by atoms with E-state index in [0.29, 0.717) is 12.1 Å². The summed E-state index contributed by atoms with van der Waals surface area (Å²) in [5, 5.41) is 2.84. The normalized spacial score (nSPS) is 14.4. The predicted molar refractivity (Wildman–Crippen MR) is 119 cm³/mol. The van der Waals surface area contributed by atoms with Crippen LogP contribution < -0.4 is 5.32 Å². The lowest BCUT2D eigenvalue weighted by Crippen LogP contribution is -2.40. The van der Waals surface area contributed by atoms with E-state index in [0.717, 1.165) is 29.1 Å². The summed E-state index contributed by atoms with van der Waals surface area (Å²) < 4.78 is 40.9. The van der Waals surface area contributed by atoms with Gasteiger partial charge in [-0.1, -0.05) is 41.5 Å². The smallest absolute Gasteiger partial charge is 0.243 e. The van der Waals surface area contributed by atoms with Crippen molar-refractivity contribution in [3.8, 4) is 0 Å². The molecule has 1 aliphatic rings. The second-order valence-corrected chi connectivity index (χ2v) is 9.86. The maximum atomic E-state index is 13.3. The molecule has 5 nitrogen and oxygen atoms in total. The number of halogens is 1. The van der Waals surface area contributed by atoms with Gasteiger partial charge in [-0.2, -0.15) is 4.31 Å². The van der Waals surface area contributed by atoms with Gasteiger partial charge < -0.3 is 5.32 Å².